The lowest BCUT2D eigenvalue weighted by Crippen LogP contribution is -2.33. The molecule has 0 aliphatic rings. The summed E-state index contributed by atoms with van der Waals surface area (Å²) in [5, 5.41) is 5.26. The van der Waals surface area contributed by atoms with Gasteiger partial charge in [-0.2, -0.15) is 0 Å². The van der Waals surface area contributed by atoms with E-state index in [-0.39, 0.29) is 24.4 Å². The van der Waals surface area contributed by atoms with Gasteiger partial charge in [-0.25, -0.2) is 0 Å². The smallest absolute Gasteiger partial charge is 0.287 e. The van der Waals surface area contributed by atoms with E-state index in [1.807, 2.05) is 38.1 Å². The van der Waals surface area contributed by atoms with Gasteiger partial charge in [0.15, 0.2) is 5.76 Å². The predicted octanol–water partition coefficient (Wildman–Crippen LogP) is 4.16. The zero-order valence-corrected chi connectivity index (χ0v) is 15.2. The molecule has 0 saturated heterocycles. The Hall–Kier alpha value is -2.30. The van der Waals surface area contributed by atoms with Crippen molar-refractivity contribution in [3.63, 3.8) is 0 Å². The van der Waals surface area contributed by atoms with Crippen molar-refractivity contribution >= 4 is 29.1 Å². The Morgan fingerprint density at radius 1 is 1.16 bits per heavy atom. The first-order valence-corrected chi connectivity index (χ1v) is 8.21. The van der Waals surface area contributed by atoms with Crippen molar-refractivity contribution in [2.75, 3.05) is 6.54 Å². The van der Waals surface area contributed by atoms with E-state index in [0.29, 0.717) is 12.3 Å². The molecule has 0 aliphatic heterocycles. The molecule has 1 aromatic heterocycles. The number of hydrogen-bond acceptors (Lipinski definition) is 3. The molecule has 1 heterocycles. The first kappa shape index (κ1) is 19.0. The van der Waals surface area contributed by atoms with Crippen molar-refractivity contribution < 1.29 is 9.21 Å². The molecule has 4 nitrogen and oxygen atoms in total. The standard InChI is InChI=1S/C20H22N2O2.ClH/c1-3-18-13(2)10-19(24-18)20(23)22-17(12-21)16-9-8-14-6-4-5-7-15(14)11-16;/h4-11,17H,3,12,21H2,1-2H3,(H,22,23);1H. The number of amides is 1. The molecule has 1 amide bonds. The van der Waals surface area contributed by atoms with Crippen LogP contribution >= 0.6 is 12.4 Å². The average Bonchev–Trinajstić information content (AvgIpc) is 3.00. The number of aryl methyl sites for hydroxylation is 2. The minimum Gasteiger partial charge on any atom is -0.456 e. The fourth-order valence-corrected chi connectivity index (χ4v) is 2.91. The molecule has 3 N–H and O–H groups in total. The van der Waals surface area contributed by atoms with Crippen molar-refractivity contribution in [2.45, 2.75) is 26.3 Å². The summed E-state index contributed by atoms with van der Waals surface area (Å²) >= 11 is 0. The lowest BCUT2D eigenvalue weighted by molar-refractivity contribution is 0.0908. The average molecular weight is 359 g/mol. The van der Waals surface area contributed by atoms with Crippen LogP contribution in [-0.4, -0.2) is 12.5 Å². The van der Waals surface area contributed by atoms with Crippen LogP contribution in [0.1, 0.15) is 40.4 Å². The minimum absolute atomic E-state index is 0. The quantitative estimate of drug-likeness (QED) is 0.719. The van der Waals surface area contributed by atoms with Crippen molar-refractivity contribution in [3.05, 3.63) is 71.2 Å². The number of fused-ring (bicyclic) bond motifs is 1. The Morgan fingerprint density at radius 3 is 2.52 bits per heavy atom. The highest BCUT2D eigenvalue weighted by atomic mass is 35.5. The number of furan rings is 1. The third-order valence-corrected chi connectivity index (χ3v) is 4.28. The van der Waals surface area contributed by atoms with Crippen LogP contribution in [0.3, 0.4) is 0 Å². The minimum atomic E-state index is -0.252. The summed E-state index contributed by atoms with van der Waals surface area (Å²) in [5.41, 5.74) is 7.88. The summed E-state index contributed by atoms with van der Waals surface area (Å²) in [7, 11) is 0. The molecule has 0 fully saturated rings. The number of hydrogen-bond donors (Lipinski definition) is 2. The Balaban J connectivity index is 0.00000225. The number of nitrogens with one attached hydrogen (secondary N) is 1. The summed E-state index contributed by atoms with van der Waals surface area (Å²) in [4.78, 5) is 12.5. The molecule has 0 radical (unpaired) electrons. The van der Waals surface area contributed by atoms with Crippen molar-refractivity contribution in [2.24, 2.45) is 5.73 Å². The molecule has 0 bridgehead atoms. The summed E-state index contributed by atoms with van der Waals surface area (Å²) in [6, 6.07) is 15.8. The molecule has 3 rings (SSSR count). The Bertz CT molecular complexity index is 873. The molecule has 132 valence electrons. The van der Waals surface area contributed by atoms with Crippen molar-refractivity contribution in [3.8, 4) is 0 Å². The van der Waals surface area contributed by atoms with E-state index in [9.17, 15) is 4.79 Å². The zero-order chi connectivity index (χ0) is 17.1. The van der Waals surface area contributed by atoms with Gasteiger partial charge in [-0.15, -0.1) is 12.4 Å². The lowest BCUT2D eigenvalue weighted by atomic mass is 10.0. The number of carbonyl (C=O) groups excluding carboxylic acids is 1. The number of rotatable bonds is 5. The van der Waals surface area contributed by atoms with Crippen LogP contribution < -0.4 is 11.1 Å². The maximum atomic E-state index is 12.5. The highest BCUT2D eigenvalue weighted by Crippen LogP contribution is 2.21. The van der Waals surface area contributed by atoms with Crippen molar-refractivity contribution in [1.29, 1.82) is 0 Å². The molecule has 25 heavy (non-hydrogen) atoms. The van der Waals surface area contributed by atoms with Gasteiger partial charge in [-0.1, -0.05) is 43.3 Å². The molecule has 1 atom stereocenters. The molecular formula is C20H23ClN2O2. The first-order valence-electron chi connectivity index (χ1n) is 8.21. The van der Waals surface area contributed by atoms with E-state index in [1.54, 1.807) is 6.07 Å². The van der Waals surface area contributed by atoms with E-state index >= 15 is 0 Å². The van der Waals surface area contributed by atoms with Crippen LogP contribution in [-0.2, 0) is 6.42 Å². The summed E-state index contributed by atoms with van der Waals surface area (Å²) in [6.45, 7) is 4.28. The second kappa shape index (κ2) is 8.19. The molecule has 0 saturated carbocycles. The molecule has 2 aromatic carbocycles. The lowest BCUT2D eigenvalue weighted by Gasteiger charge is -2.17. The largest absolute Gasteiger partial charge is 0.456 e. The van der Waals surface area contributed by atoms with Crippen LogP contribution in [0.25, 0.3) is 10.8 Å². The molecule has 0 aliphatic carbocycles. The van der Waals surface area contributed by atoms with E-state index in [2.05, 4.69) is 23.5 Å². The number of nitrogens with two attached hydrogens (primary N) is 1. The third kappa shape index (κ3) is 4.03. The predicted molar refractivity (Wildman–Crippen MR) is 103 cm³/mol. The molecule has 1 unspecified atom stereocenters. The van der Waals surface area contributed by atoms with E-state index in [4.69, 9.17) is 10.2 Å². The number of halogens is 1. The molecule has 0 spiro atoms. The molecular weight excluding hydrogens is 336 g/mol. The van der Waals surface area contributed by atoms with Gasteiger partial charge in [0.2, 0.25) is 0 Å². The second-order valence-corrected chi connectivity index (χ2v) is 5.94. The van der Waals surface area contributed by atoms with Gasteiger partial charge in [-0.05, 0) is 41.0 Å². The Labute approximate surface area is 153 Å². The fourth-order valence-electron chi connectivity index (χ4n) is 2.91. The van der Waals surface area contributed by atoms with Gasteiger partial charge >= 0.3 is 0 Å². The van der Waals surface area contributed by atoms with Crippen molar-refractivity contribution in [1.82, 2.24) is 5.32 Å². The fraction of sp³-hybridized carbons (Fsp3) is 0.250. The summed E-state index contributed by atoms with van der Waals surface area (Å²) in [5.74, 6) is 0.945. The highest BCUT2D eigenvalue weighted by molar-refractivity contribution is 5.92. The summed E-state index contributed by atoms with van der Waals surface area (Å²) < 4.78 is 5.62. The topological polar surface area (TPSA) is 68.3 Å². The third-order valence-electron chi connectivity index (χ3n) is 4.28. The van der Waals surface area contributed by atoms with Gasteiger partial charge in [0, 0.05) is 13.0 Å². The Morgan fingerprint density at radius 2 is 1.88 bits per heavy atom. The number of benzene rings is 2. The van der Waals surface area contributed by atoms with Gasteiger partial charge in [0.1, 0.15) is 5.76 Å². The normalized spacial score (nSPS) is 11.8. The monoisotopic (exact) mass is 358 g/mol. The van der Waals surface area contributed by atoms with Crippen LogP contribution in [0.5, 0.6) is 0 Å². The van der Waals surface area contributed by atoms with Crippen LogP contribution in [0.4, 0.5) is 0 Å². The maximum Gasteiger partial charge on any atom is 0.287 e. The first-order chi connectivity index (χ1) is 11.6. The van der Waals surface area contributed by atoms with Gasteiger partial charge in [-0.3, -0.25) is 4.79 Å². The SMILES string of the molecule is CCc1oc(C(=O)NC(CN)c2ccc3ccccc3c2)cc1C.Cl. The van der Waals surface area contributed by atoms with Gasteiger partial charge in [0.25, 0.3) is 5.91 Å². The maximum absolute atomic E-state index is 12.5. The van der Waals surface area contributed by atoms with E-state index in [0.717, 1.165) is 34.1 Å². The Kier molecular flexibility index (Phi) is 6.23. The number of carbonyl (C=O) groups is 1. The van der Waals surface area contributed by atoms with E-state index in [1.165, 1.54) is 0 Å². The zero-order valence-electron chi connectivity index (χ0n) is 14.4. The molecule has 5 heteroatoms. The van der Waals surface area contributed by atoms with Crippen LogP contribution in [0, 0.1) is 6.92 Å². The second-order valence-electron chi connectivity index (χ2n) is 5.94. The van der Waals surface area contributed by atoms with Gasteiger partial charge < -0.3 is 15.5 Å². The van der Waals surface area contributed by atoms with Crippen LogP contribution in [0.15, 0.2) is 52.9 Å². The van der Waals surface area contributed by atoms with Gasteiger partial charge in [0.05, 0.1) is 6.04 Å². The summed E-state index contributed by atoms with van der Waals surface area (Å²) in [6.07, 6.45) is 0.768. The highest BCUT2D eigenvalue weighted by Gasteiger charge is 2.18. The van der Waals surface area contributed by atoms with E-state index < -0.39 is 0 Å². The molecule has 3 aromatic rings. The van der Waals surface area contributed by atoms with Crippen LogP contribution in [0.2, 0.25) is 0 Å².